The Balaban J connectivity index is 2.32. The highest BCUT2D eigenvalue weighted by Gasteiger charge is 2.31. The molecule has 0 bridgehead atoms. The van der Waals surface area contributed by atoms with Gasteiger partial charge >= 0.3 is 6.09 Å². The van der Waals surface area contributed by atoms with Crippen molar-refractivity contribution < 1.29 is 23.9 Å². The van der Waals surface area contributed by atoms with Crippen LogP contribution in [0.3, 0.4) is 0 Å². The number of methoxy groups -OCH3 is 1. The number of amides is 3. The van der Waals surface area contributed by atoms with Gasteiger partial charge in [0.25, 0.3) is 5.91 Å². The average molecular weight is 526 g/mol. The number of carbonyl (C=O) groups excluding carboxylic acids is 3. The largest absolute Gasteiger partial charge is 0.497 e. The van der Waals surface area contributed by atoms with Crippen molar-refractivity contribution in [2.45, 2.75) is 78.4 Å². The molecule has 2 aromatic carbocycles. The Morgan fingerprint density at radius 3 is 2.13 bits per heavy atom. The number of alkyl carbamates (subject to hydrolysis) is 1. The molecule has 0 fully saturated rings. The standard InChI is InChI=1S/C30H43N3O5/c1-7-8-9-10-11-20-33(26(34)21-31-29(36)38-30(3,4)5)27(23-14-12-22(2)13-15-23)28(35)32-24-16-18-25(37-6)19-17-24/h12-19,27H,7-11,20-21H2,1-6H3,(H,31,36)(H,32,35). The van der Waals surface area contributed by atoms with Crippen molar-refractivity contribution in [1.29, 1.82) is 0 Å². The van der Waals surface area contributed by atoms with Gasteiger partial charge < -0.3 is 25.0 Å². The van der Waals surface area contributed by atoms with E-state index in [0.29, 0.717) is 23.5 Å². The minimum absolute atomic E-state index is 0.276. The van der Waals surface area contributed by atoms with Gasteiger partial charge in [0.05, 0.1) is 7.11 Å². The molecule has 0 aromatic heterocycles. The van der Waals surface area contributed by atoms with Gasteiger partial charge in [-0.25, -0.2) is 4.79 Å². The molecular formula is C30H43N3O5. The van der Waals surface area contributed by atoms with Gasteiger partial charge in [-0.3, -0.25) is 9.59 Å². The van der Waals surface area contributed by atoms with Crippen molar-refractivity contribution in [1.82, 2.24) is 10.2 Å². The van der Waals surface area contributed by atoms with Crippen LogP contribution >= 0.6 is 0 Å². The molecule has 2 rings (SSSR count). The van der Waals surface area contributed by atoms with Crippen LogP contribution in [0.2, 0.25) is 0 Å². The molecule has 0 saturated carbocycles. The number of aryl methyl sites for hydroxylation is 1. The van der Waals surface area contributed by atoms with Crippen molar-refractivity contribution in [3.05, 3.63) is 59.7 Å². The minimum Gasteiger partial charge on any atom is -0.497 e. The number of rotatable bonds is 13. The normalized spacial score (nSPS) is 11.8. The maximum absolute atomic E-state index is 13.7. The molecule has 3 amide bonds. The van der Waals surface area contributed by atoms with E-state index in [1.54, 1.807) is 57.0 Å². The summed E-state index contributed by atoms with van der Waals surface area (Å²) in [6.07, 6.45) is 4.30. The highest BCUT2D eigenvalue weighted by Crippen LogP contribution is 2.25. The third kappa shape index (κ3) is 10.4. The second-order valence-electron chi connectivity index (χ2n) is 10.4. The molecule has 2 N–H and O–H groups in total. The minimum atomic E-state index is -0.878. The van der Waals surface area contributed by atoms with E-state index >= 15 is 0 Å². The van der Waals surface area contributed by atoms with E-state index in [2.05, 4.69) is 17.6 Å². The number of unbranched alkanes of at least 4 members (excludes halogenated alkanes) is 4. The Hall–Kier alpha value is -3.55. The van der Waals surface area contributed by atoms with Gasteiger partial charge in [-0.15, -0.1) is 0 Å². The fourth-order valence-electron chi connectivity index (χ4n) is 3.95. The lowest BCUT2D eigenvalue weighted by Crippen LogP contribution is -2.47. The number of benzene rings is 2. The first-order valence-electron chi connectivity index (χ1n) is 13.3. The van der Waals surface area contributed by atoms with Crippen molar-refractivity contribution in [3.63, 3.8) is 0 Å². The molecule has 0 aliphatic rings. The first-order valence-corrected chi connectivity index (χ1v) is 13.3. The van der Waals surface area contributed by atoms with Crippen LogP contribution < -0.4 is 15.4 Å². The Labute approximate surface area is 227 Å². The van der Waals surface area contributed by atoms with Crippen molar-refractivity contribution in [2.24, 2.45) is 0 Å². The van der Waals surface area contributed by atoms with Gasteiger partial charge in [-0.1, -0.05) is 62.4 Å². The van der Waals surface area contributed by atoms with Crippen LogP contribution in [0.15, 0.2) is 48.5 Å². The van der Waals surface area contributed by atoms with Gasteiger partial charge in [-0.05, 0) is 63.9 Å². The zero-order valence-corrected chi connectivity index (χ0v) is 23.6. The van der Waals surface area contributed by atoms with Crippen LogP contribution in [0.5, 0.6) is 5.75 Å². The van der Waals surface area contributed by atoms with Crippen LogP contribution in [0.1, 0.15) is 77.0 Å². The molecule has 0 radical (unpaired) electrons. The highest BCUT2D eigenvalue weighted by atomic mass is 16.6. The van der Waals surface area contributed by atoms with Crippen molar-refractivity contribution in [3.8, 4) is 5.75 Å². The number of anilines is 1. The van der Waals surface area contributed by atoms with Gasteiger partial charge in [0.1, 0.15) is 23.9 Å². The van der Waals surface area contributed by atoms with Gasteiger partial charge in [0.2, 0.25) is 5.91 Å². The fourth-order valence-corrected chi connectivity index (χ4v) is 3.95. The Morgan fingerprint density at radius 2 is 1.55 bits per heavy atom. The summed E-state index contributed by atoms with van der Waals surface area (Å²) in [5, 5.41) is 5.50. The van der Waals surface area contributed by atoms with E-state index in [0.717, 1.165) is 37.7 Å². The molecule has 0 aliphatic heterocycles. The van der Waals surface area contributed by atoms with Gasteiger partial charge in [-0.2, -0.15) is 0 Å². The van der Waals surface area contributed by atoms with Crippen LogP contribution in [0.25, 0.3) is 0 Å². The highest BCUT2D eigenvalue weighted by molar-refractivity contribution is 5.98. The predicted octanol–water partition coefficient (Wildman–Crippen LogP) is 6.01. The summed E-state index contributed by atoms with van der Waals surface area (Å²) < 4.78 is 10.5. The molecule has 208 valence electrons. The SMILES string of the molecule is CCCCCCCN(C(=O)CNC(=O)OC(C)(C)C)C(C(=O)Nc1ccc(OC)cc1)c1ccc(C)cc1. The molecule has 1 unspecified atom stereocenters. The number of nitrogens with zero attached hydrogens (tertiary/aromatic N) is 1. The number of carbonyl (C=O) groups is 3. The Morgan fingerprint density at radius 1 is 0.921 bits per heavy atom. The maximum atomic E-state index is 13.7. The third-order valence-corrected chi connectivity index (χ3v) is 5.92. The quantitative estimate of drug-likeness (QED) is 0.312. The number of nitrogens with one attached hydrogen (secondary N) is 2. The molecule has 0 aliphatic carbocycles. The lowest BCUT2D eigenvalue weighted by molar-refractivity contribution is -0.138. The second-order valence-corrected chi connectivity index (χ2v) is 10.4. The monoisotopic (exact) mass is 525 g/mol. The first kappa shape index (κ1) is 30.7. The summed E-state index contributed by atoms with van der Waals surface area (Å²) in [4.78, 5) is 41.0. The van der Waals surface area contributed by atoms with E-state index in [-0.39, 0.29) is 18.4 Å². The first-order chi connectivity index (χ1) is 18.0. The van der Waals surface area contributed by atoms with Crippen LogP contribution in [-0.2, 0) is 14.3 Å². The fraction of sp³-hybridized carbons (Fsp3) is 0.500. The molecule has 8 nitrogen and oxygen atoms in total. The summed E-state index contributed by atoms with van der Waals surface area (Å²) in [6, 6.07) is 13.7. The molecule has 1 atom stereocenters. The zero-order valence-electron chi connectivity index (χ0n) is 23.6. The summed E-state index contributed by atoms with van der Waals surface area (Å²) in [7, 11) is 1.58. The van der Waals surface area contributed by atoms with E-state index in [9.17, 15) is 14.4 Å². The predicted molar refractivity (Wildman–Crippen MR) is 150 cm³/mol. The third-order valence-electron chi connectivity index (χ3n) is 5.92. The molecule has 0 saturated heterocycles. The summed E-state index contributed by atoms with van der Waals surface area (Å²) >= 11 is 0. The van der Waals surface area contributed by atoms with Crippen molar-refractivity contribution in [2.75, 3.05) is 25.5 Å². The smallest absolute Gasteiger partial charge is 0.408 e. The zero-order chi connectivity index (χ0) is 28.1. The van der Waals surface area contributed by atoms with Gasteiger partial charge in [0, 0.05) is 12.2 Å². The lowest BCUT2D eigenvalue weighted by atomic mass is 10.0. The number of ether oxygens (including phenoxy) is 2. The summed E-state index contributed by atoms with van der Waals surface area (Å²) in [5.74, 6) is -0.0183. The molecule has 2 aromatic rings. The van der Waals surface area contributed by atoms with Crippen molar-refractivity contribution >= 4 is 23.6 Å². The Bertz CT molecular complexity index is 1030. The molecule has 38 heavy (non-hydrogen) atoms. The second kappa shape index (κ2) is 15.0. The van der Waals surface area contributed by atoms with E-state index < -0.39 is 17.7 Å². The summed E-state index contributed by atoms with van der Waals surface area (Å²) in [5.41, 5.74) is 1.65. The summed E-state index contributed by atoms with van der Waals surface area (Å²) in [6.45, 7) is 9.50. The number of hydrogen-bond donors (Lipinski definition) is 2. The van der Waals surface area contributed by atoms with Gasteiger partial charge in [0.15, 0.2) is 0 Å². The van der Waals surface area contributed by atoms with Crippen LogP contribution in [0.4, 0.5) is 10.5 Å². The molecule has 0 heterocycles. The average Bonchev–Trinajstić information content (AvgIpc) is 2.86. The van der Waals surface area contributed by atoms with E-state index in [1.807, 2.05) is 31.2 Å². The lowest BCUT2D eigenvalue weighted by Gasteiger charge is -2.32. The van der Waals surface area contributed by atoms with Crippen LogP contribution in [-0.4, -0.2) is 48.6 Å². The van der Waals surface area contributed by atoms with Crippen LogP contribution in [0, 0.1) is 6.92 Å². The van der Waals surface area contributed by atoms with E-state index in [1.165, 1.54) is 0 Å². The number of hydrogen-bond acceptors (Lipinski definition) is 5. The topological polar surface area (TPSA) is 97.0 Å². The maximum Gasteiger partial charge on any atom is 0.408 e. The molecule has 0 spiro atoms. The van der Waals surface area contributed by atoms with E-state index in [4.69, 9.17) is 9.47 Å². The molecule has 8 heteroatoms. The Kier molecular flexibility index (Phi) is 12.1. The molecular weight excluding hydrogens is 482 g/mol.